The highest BCUT2D eigenvalue weighted by Crippen LogP contribution is 2.31. The van der Waals surface area contributed by atoms with Crippen LogP contribution in [-0.4, -0.2) is 39.4 Å². The highest BCUT2D eigenvalue weighted by atomic mass is 19.1. The number of hydrogen-bond acceptors (Lipinski definition) is 7. The van der Waals surface area contributed by atoms with E-state index in [9.17, 15) is 9.50 Å². The Morgan fingerprint density at radius 2 is 2.03 bits per heavy atom. The molecule has 1 saturated heterocycles. The van der Waals surface area contributed by atoms with Gasteiger partial charge in [0, 0.05) is 30.5 Å². The summed E-state index contributed by atoms with van der Waals surface area (Å²) in [7, 11) is 0. The topological polar surface area (TPSA) is 87.3 Å². The molecule has 0 unspecified atom stereocenters. The van der Waals surface area contributed by atoms with Crippen molar-refractivity contribution >= 4 is 11.5 Å². The van der Waals surface area contributed by atoms with Crippen LogP contribution in [0.15, 0.2) is 41.1 Å². The molecule has 1 aliphatic heterocycles. The van der Waals surface area contributed by atoms with Gasteiger partial charge in [-0.15, -0.1) is 0 Å². The van der Waals surface area contributed by atoms with Gasteiger partial charge in [0.2, 0.25) is 0 Å². The number of anilines is 2. The van der Waals surface area contributed by atoms with Gasteiger partial charge in [-0.25, -0.2) is 9.37 Å². The van der Waals surface area contributed by atoms with E-state index in [4.69, 9.17) is 4.52 Å². The lowest BCUT2D eigenvalue weighted by Crippen LogP contribution is -2.36. The van der Waals surface area contributed by atoms with Gasteiger partial charge in [0.25, 0.3) is 5.89 Å². The molecule has 0 amide bonds. The fourth-order valence-corrected chi connectivity index (χ4v) is 3.59. The van der Waals surface area contributed by atoms with E-state index in [2.05, 4.69) is 25.3 Å². The number of pyridine rings is 1. The molecule has 1 fully saturated rings. The predicted molar refractivity (Wildman–Crippen MR) is 108 cm³/mol. The van der Waals surface area contributed by atoms with Crippen LogP contribution in [0.25, 0.3) is 11.5 Å². The summed E-state index contributed by atoms with van der Waals surface area (Å²) in [6.45, 7) is 5.25. The average molecular weight is 397 g/mol. The maximum Gasteiger partial charge on any atom is 0.259 e. The smallest absolute Gasteiger partial charge is 0.259 e. The van der Waals surface area contributed by atoms with Crippen molar-refractivity contribution in [3.8, 4) is 11.5 Å². The zero-order valence-electron chi connectivity index (χ0n) is 16.5. The first-order chi connectivity index (χ1) is 14.0. The Balaban J connectivity index is 1.52. The molecule has 1 atom stereocenters. The van der Waals surface area contributed by atoms with Gasteiger partial charge < -0.3 is 19.8 Å². The average Bonchev–Trinajstić information content (AvgIpc) is 3.15. The number of nitrogens with zero attached hydrogens (tertiary/aromatic N) is 4. The standard InChI is InChI=1S/C21H24FN5O2/c1-13(24-20-6-3-15(12-23-20)21-25-14(2)26-29-21)18-11-16(22)4-5-19(18)27-9-7-17(28)8-10-27/h3-6,11-13,17,28H,7-10H2,1-2H3,(H,23,24)/t13-/m0/s1. The molecule has 1 aliphatic rings. The van der Waals surface area contributed by atoms with Gasteiger partial charge in [-0.1, -0.05) is 5.16 Å². The third-order valence-electron chi connectivity index (χ3n) is 5.16. The first-order valence-electron chi connectivity index (χ1n) is 9.75. The Morgan fingerprint density at radius 1 is 1.24 bits per heavy atom. The van der Waals surface area contributed by atoms with Crippen molar-refractivity contribution in [2.45, 2.75) is 38.8 Å². The number of piperidine rings is 1. The van der Waals surface area contributed by atoms with Crippen molar-refractivity contribution in [3.63, 3.8) is 0 Å². The van der Waals surface area contributed by atoms with Crippen LogP contribution in [0.3, 0.4) is 0 Å². The summed E-state index contributed by atoms with van der Waals surface area (Å²) in [5, 5.41) is 16.9. The van der Waals surface area contributed by atoms with Crippen LogP contribution in [0.2, 0.25) is 0 Å². The Labute approximate surface area is 168 Å². The Morgan fingerprint density at radius 3 is 2.69 bits per heavy atom. The first kappa shape index (κ1) is 19.3. The van der Waals surface area contributed by atoms with Crippen molar-refractivity contribution in [1.29, 1.82) is 0 Å². The zero-order valence-corrected chi connectivity index (χ0v) is 16.5. The van der Waals surface area contributed by atoms with Gasteiger partial charge in [0.1, 0.15) is 11.6 Å². The Kier molecular flexibility index (Phi) is 5.44. The van der Waals surface area contributed by atoms with Gasteiger partial charge in [0.05, 0.1) is 17.7 Å². The Hall–Kier alpha value is -3.00. The van der Waals surface area contributed by atoms with E-state index in [-0.39, 0.29) is 18.0 Å². The van der Waals surface area contributed by atoms with Crippen molar-refractivity contribution in [2.24, 2.45) is 0 Å². The van der Waals surface area contributed by atoms with Crippen LogP contribution in [0.5, 0.6) is 0 Å². The first-order valence-corrected chi connectivity index (χ1v) is 9.75. The van der Waals surface area contributed by atoms with E-state index < -0.39 is 0 Å². The summed E-state index contributed by atoms with van der Waals surface area (Å²) in [6.07, 6.45) is 2.85. The summed E-state index contributed by atoms with van der Waals surface area (Å²) in [6, 6.07) is 8.39. The minimum absolute atomic E-state index is 0.156. The van der Waals surface area contributed by atoms with E-state index in [0.717, 1.165) is 42.7 Å². The van der Waals surface area contributed by atoms with E-state index in [1.807, 2.05) is 25.1 Å². The maximum absolute atomic E-state index is 14.0. The molecule has 1 aromatic carbocycles. The van der Waals surface area contributed by atoms with Crippen molar-refractivity contribution in [2.75, 3.05) is 23.3 Å². The molecular formula is C21H24FN5O2. The molecule has 2 N–H and O–H groups in total. The fraction of sp³-hybridized carbons (Fsp3) is 0.381. The SMILES string of the molecule is Cc1noc(-c2ccc(N[C@@H](C)c3cc(F)ccc3N3CCC(O)CC3)nc2)n1. The number of aliphatic hydroxyl groups is 1. The largest absolute Gasteiger partial charge is 0.393 e. The van der Waals surface area contributed by atoms with Crippen molar-refractivity contribution in [1.82, 2.24) is 15.1 Å². The lowest BCUT2D eigenvalue weighted by atomic mass is 10.0. The molecule has 2 aromatic heterocycles. The molecule has 8 heteroatoms. The highest BCUT2D eigenvalue weighted by molar-refractivity contribution is 5.58. The normalized spacial score (nSPS) is 16.1. The van der Waals surface area contributed by atoms with Gasteiger partial charge in [-0.3, -0.25) is 0 Å². The summed E-state index contributed by atoms with van der Waals surface area (Å²) in [5.74, 6) is 1.39. The van der Waals surface area contributed by atoms with E-state index in [1.54, 1.807) is 19.2 Å². The second kappa shape index (κ2) is 8.16. The van der Waals surface area contributed by atoms with Crippen molar-refractivity contribution < 1.29 is 14.0 Å². The van der Waals surface area contributed by atoms with Crippen molar-refractivity contribution in [3.05, 3.63) is 53.7 Å². The molecule has 29 heavy (non-hydrogen) atoms. The van der Waals surface area contributed by atoms with Crippen LogP contribution in [0.1, 0.15) is 37.2 Å². The highest BCUT2D eigenvalue weighted by Gasteiger charge is 2.22. The molecule has 4 rings (SSSR count). The number of aromatic nitrogens is 3. The Bertz CT molecular complexity index is 967. The van der Waals surface area contributed by atoms with Gasteiger partial charge in [-0.05, 0) is 57.0 Å². The van der Waals surface area contributed by atoms with Crippen LogP contribution >= 0.6 is 0 Å². The molecule has 3 aromatic rings. The minimum atomic E-state index is -0.274. The molecule has 0 saturated carbocycles. The third-order valence-corrected chi connectivity index (χ3v) is 5.16. The summed E-state index contributed by atoms with van der Waals surface area (Å²) >= 11 is 0. The predicted octanol–water partition coefficient (Wildman–Crippen LogP) is 3.71. The molecule has 3 heterocycles. The van der Waals surface area contributed by atoms with E-state index in [0.29, 0.717) is 17.5 Å². The summed E-state index contributed by atoms with van der Waals surface area (Å²) in [5.41, 5.74) is 2.58. The number of rotatable bonds is 5. The summed E-state index contributed by atoms with van der Waals surface area (Å²) < 4.78 is 19.2. The molecule has 0 radical (unpaired) electrons. The van der Waals surface area contributed by atoms with Crippen LogP contribution in [-0.2, 0) is 0 Å². The maximum atomic E-state index is 14.0. The number of nitrogens with one attached hydrogen (secondary N) is 1. The third kappa shape index (κ3) is 4.37. The number of benzene rings is 1. The van der Waals surface area contributed by atoms with E-state index in [1.165, 1.54) is 6.07 Å². The van der Waals surface area contributed by atoms with Crippen LogP contribution in [0, 0.1) is 12.7 Å². The van der Waals surface area contributed by atoms with Crippen LogP contribution < -0.4 is 10.2 Å². The monoisotopic (exact) mass is 397 g/mol. The molecule has 0 spiro atoms. The number of halogens is 1. The fourth-order valence-electron chi connectivity index (χ4n) is 3.59. The number of aryl methyl sites for hydroxylation is 1. The van der Waals surface area contributed by atoms with Crippen LogP contribution in [0.4, 0.5) is 15.9 Å². The van der Waals surface area contributed by atoms with Gasteiger partial charge in [0.15, 0.2) is 5.82 Å². The number of aliphatic hydroxyl groups excluding tert-OH is 1. The molecular weight excluding hydrogens is 373 g/mol. The second-order valence-corrected chi connectivity index (χ2v) is 7.37. The molecule has 0 aliphatic carbocycles. The summed E-state index contributed by atoms with van der Waals surface area (Å²) in [4.78, 5) is 10.8. The number of hydrogen-bond donors (Lipinski definition) is 2. The van der Waals surface area contributed by atoms with E-state index >= 15 is 0 Å². The zero-order chi connectivity index (χ0) is 20.4. The lowest BCUT2D eigenvalue weighted by Gasteiger charge is -2.34. The molecule has 7 nitrogen and oxygen atoms in total. The molecule has 152 valence electrons. The molecule has 0 bridgehead atoms. The minimum Gasteiger partial charge on any atom is -0.393 e. The van der Waals surface area contributed by atoms with Gasteiger partial charge >= 0.3 is 0 Å². The second-order valence-electron chi connectivity index (χ2n) is 7.37. The van der Waals surface area contributed by atoms with Gasteiger partial charge in [-0.2, -0.15) is 4.98 Å². The lowest BCUT2D eigenvalue weighted by molar-refractivity contribution is 0.145. The quantitative estimate of drug-likeness (QED) is 0.678.